The van der Waals surface area contributed by atoms with E-state index >= 15 is 0 Å². The molecule has 0 spiro atoms. The van der Waals surface area contributed by atoms with E-state index in [0.29, 0.717) is 27.0 Å². The summed E-state index contributed by atoms with van der Waals surface area (Å²) in [5.41, 5.74) is 0.894. The maximum atomic E-state index is 12.9. The number of carbonyl (C=O) groups excluding carboxylic acids is 4. The van der Waals surface area contributed by atoms with E-state index in [-0.39, 0.29) is 23.6 Å². The Morgan fingerprint density at radius 1 is 0.972 bits per heavy atom. The minimum Gasteiger partial charge on any atom is -0.508 e. The number of nitrogens with one attached hydrogen (secondary N) is 2. The molecule has 1 fully saturated rings. The highest BCUT2D eigenvalue weighted by atomic mass is 35.5. The summed E-state index contributed by atoms with van der Waals surface area (Å²) >= 11 is 11.8. The van der Waals surface area contributed by atoms with Gasteiger partial charge in [-0.3, -0.25) is 19.7 Å². The number of ether oxygens (including phenoxy) is 1. The molecule has 4 rings (SSSR count). The summed E-state index contributed by atoms with van der Waals surface area (Å²) < 4.78 is 5.47. The van der Waals surface area contributed by atoms with Crippen LogP contribution in [0.2, 0.25) is 10.0 Å². The largest absolute Gasteiger partial charge is 0.508 e. The molecule has 1 aliphatic heterocycles. The van der Waals surface area contributed by atoms with Gasteiger partial charge in [0.1, 0.15) is 17.1 Å². The number of anilines is 2. The van der Waals surface area contributed by atoms with Crippen molar-refractivity contribution >= 4 is 64.4 Å². The molecule has 0 unspecified atom stereocenters. The zero-order valence-corrected chi connectivity index (χ0v) is 19.8. The smallest absolute Gasteiger partial charge is 0.335 e. The molecular weight excluding hydrogens is 509 g/mol. The summed E-state index contributed by atoms with van der Waals surface area (Å²) in [5, 5.41) is 14.9. The van der Waals surface area contributed by atoms with Crippen LogP contribution in [0.5, 0.6) is 11.5 Å². The molecule has 36 heavy (non-hydrogen) atoms. The first-order valence-electron chi connectivity index (χ1n) is 10.4. The van der Waals surface area contributed by atoms with Crippen LogP contribution >= 0.6 is 23.2 Å². The van der Waals surface area contributed by atoms with Gasteiger partial charge in [0, 0.05) is 5.69 Å². The van der Waals surface area contributed by atoms with Crippen LogP contribution in [0.25, 0.3) is 6.08 Å². The zero-order valence-electron chi connectivity index (χ0n) is 18.3. The third-order valence-electron chi connectivity index (χ3n) is 4.97. The van der Waals surface area contributed by atoms with Crippen molar-refractivity contribution in [3.05, 3.63) is 87.9 Å². The highest BCUT2D eigenvalue weighted by Gasteiger charge is 2.36. The molecule has 3 aromatic rings. The summed E-state index contributed by atoms with van der Waals surface area (Å²) in [6.07, 6.45) is 1.33. The third-order valence-corrected chi connectivity index (χ3v) is 5.71. The molecule has 9 nitrogen and oxygen atoms in total. The van der Waals surface area contributed by atoms with Gasteiger partial charge in [-0.05, 0) is 66.2 Å². The van der Waals surface area contributed by atoms with Crippen molar-refractivity contribution in [3.63, 3.8) is 0 Å². The van der Waals surface area contributed by atoms with Crippen LogP contribution in [0.15, 0.2) is 72.3 Å². The van der Waals surface area contributed by atoms with Gasteiger partial charge in [-0.25, -0.2) is 9.69 Å². The second kappa shape index (κ2) is 10.5. The number of halogens is 2. The Labute approximate surface area is 214 Å². The van der Waals surface area contributed by atoms with Crippen molar-refractivity contribution in [2.24, 2.45) is 0 Å². The normalized spacial score (nSPS) is 14.6. The van der Waals surface area contributed by atoms with E-state index < -0.39 is 23.8 Å². The summed E-state index contributed by atoms with van der Waals surface area (Å²) in [6, 6.07) is 15.5. The average Bonchev–Trinajstić information content (AvgIpc) is 2.84. The first kappa shape index (κ1) is 24.8. The zero-order chi connectivity index (χ0) is 25.8. The van der Waals surface area contributed by atoms with Gasteiger partial charge in [0.25, 0.3) is 17.7 Å². The van der Waals surface area contributed by atoms with Crippen molar-refractivity contribution in [2.45, 2.75) is 0 Å². The highest BCUT2D eigenvalue weighted by molar-refractivity contribution is 6.42. The molecule has 0 atom stereocenters. The van der Waals surface area contributed by atoms with Gasteiger partial charge >= 0.3 is 6.03 Å². The molecule has 3 N–H and O–H groups in total. The number of hydrogen-bond donors (Lipinski definition) is 3. The van der Waals surface area contributed by atoms with Gasteiger partial charge in [-0.1, -0.05) is 35.3 Å². The molecule has 0 aliphatic carbocycles. The third kappa shape index (κ3) is 5.65. The van der Waals surface area contributed by atoms with Gasteiger partial charge in [0.2, 0.25) is 0 Å². The predicted molar refractivity (Wildman–Crippen MR) is 134 cm³/mol. The van der Waals surface area contributed by atoms with E-state index in [1.54, 1.807) is 36.4 Å². The molecule has 1 heterocycles. The van der Waals surface area contributed by atoms with Crippen molar-refractivity contribution in [3.8, 4) is 11.5 Å². The van der Waals surface area contributed by atoms with Gasteiger partial charge in [-0.2, -0.15) is 0 Å². The predicted octanol–water partition coefficient (Wildman–Crippen LogP) is 4.38. The Kier molecular flexibility index (Phi) is 7.23. The summed E-state index contributed by atoms with van der Waals surface area (Å²) in [4.78, 5) is 50.4. The maximum Gasteiger partial charge on any atom is 0.335 e. The van der Waals surface area contributed by atoms with Crippen LogP contribution in [0.1, 0.15) is 5.56 Å². The average molecular weight is 526 g/mol. The molecule has 0 aromatic heterocycles. The number of barbiturate groups is 1. The van der Waals surface area contributed by atoms with Crippen LogP contribution in [0.4, 0.5) is 16.2 Å². The molecule has 1 aliphatic rings. The summed E-state index contributed by atoms with van der Waals surface area (Å²) in [5.74, 6) is -1.72. The Hall–Kier alpha value is -4.34. The van der Waals surface area contributed by atoms with Crippen molar-refractivity contribution in [1.29, 1.82) is 0 Å². The van der Waals surface area contributed by atoms with Gasteiger partial charge in [-0.15, -0.1) is 0 Å². The van der Waals surface area contributed by atoms with E-state index in [0.717, 1.165) is 4.90 Å². The molecular formula is C25H17Cl2N3O6. The second-order valence-corrected chi connectivity index (χ2v) is 8.32. The van der Waals surface area contributed by atoms with E-state index in [1.807, 2.05) is 0 Å². The Bertz CT molecular complexity index is 1390. The Morgan fingerprint density at radius 2 is 1.67 bits per heavy atom. The Balaban J connectivity index is 1.42. The fourth-order valence-electron chi connectivity index (χ4n) is 3.24. The van der Waals surface area contributed by atoms with Gasteiger partial charge in [0.15, 0.2) is 6.61 Å². The lowest BCUT2D eigenvalue weighted by Gasteiger charge is -2.26. The number of phenols is 1. The number of urea groups is 1. The number of hydrogen-bond acceptors (Lipinski definition) is 6. The molecule has 1 saturated heterocycles. The molecule has 0 bridgehead atoms. The molecule has 182 valence electrons. The van der Waals surface area contributed by atoms with E-state index in [2.05, 4.69) is 10.6 Å². The number of phenolic OH excluding ortho intramolecular Hbond substituents is 1. The van der Waals surface area contributed by atoms with Crippen LogP contribution in [0, 0.1) is 0 Å². The van der Waals surface area contributed by atoms with E-state index in [1.165, 1.54) is 36.4 Å². The highest BCUT2D eigenvalue weighted by Crippen LogP contribution is 2.26. The lowest BCUT2D eigenvalue weighted by atomic mass is 10.1. The van der Waals surface area contributed by atoms with Crippen LogP contribution in [-0.4, -0.2) is 35.5 Å². The first-order chi connectivity index (χ1) is 17.2. The summed E-state index contributed by atoms with van der Waals surface area (Å²) in [7, 11) is 0. The number of carbonyl (C=O) groups is 4. The minimum atomic E-state index is -0.893. The number of amides is 5. The number of benzene rings is 3. The fourth-order valence-corrected chi connectivity index (χ4v) is 3.54. The molecule has 0 radical (unpaired) electrons. The SMILES string of the molecule is O=C(COc1ccc(/C=C2/C(=O)NC(=O)N(c3ccc(O)cc3)C2=O)cc1)Nc1ccc(Cl)c(Cl)c1. The monoisotopic (exact) mass is 525 g/mol. The van der Waals surface area contributed by atoms with Crippen molar-refractivity contribution in [2.75, 3.05) is 16.8 Å². The van der Waals surface area contributed by atoms with Gasteiger partial charge in [0.05, 0.1) is 15.7 Å². The van der Waals surface area contributed by atoms with Gasteiger partial charge < -0.3 is 15.2 Å². The lowest BCUT2D eigenvalue weighted by molar-refractivity contribution is -0.122. The Morgan fingerprint density at radius 3 is 2.33 bits per heavy atom. The molecule has 5 amide bonds. The maximum absolute atomic E-state index is 12.9. The molecule has 11 heteroatoms. The number of aromatic hydroxyl groups is 1. The van der Waals surface area contributed by atoms with Crippen molar-refractivity contribution < 1.29 is 29.0 Å². The van der Waals surface area contributed by atoms with E-state index in [9.17, 15) is 24.3 Å². The van der Waals surface area contributed by atoms with Crippen LogP contribution < -0.4 is 20.3 Å². The standard InChI is InChI=1S/C25H17Cl2N3O6/c26-20-10-3-15(12-21(20)27)28-22(32)13-36-18-8-1-14(2-9-18)11-19-23(33)29-25(35)30(24(19)34)16-4-6-17(31)7-5-16/h1-12,31H,13H2,(H,28,32)(H,29,33,35)/b19-11-. The molecule has 3 aromatic carbocycles. The minimum absolute atomic E-state index is 0.0374. The second-order valence-electron chi connectivity index (χ2n) is 7.51. The number of imide groups is 2. The van der Waals surface area contributed by atoms with Crippen LogP contribution in [-0.2, 0) is 14.4 Å². The topological polar surface area (TPSA) is 125 Å². The van der Waals surface area contributed by atoms with Crippen LogP contribution in [0.3, 0.4) is 0 Å². The quantitative estimate of drug-likeness (QED) is 0.324. The number of nitrogens with zero attached hydrogens (tertiary/aromatic N) is 1. The summed E-state index contributed by atoms with van der Waals surface area (Å²) in [6.45, 7) is -0.273. The van der Waals surface area contributed by atoms with E-state index in [4.69, 9.17) is 27.9 Å². The lowest BCUT2D eigenvalue weighted by Crippen LogP contribution is -2.54. The molecule has 0 saturated carbocycles. The fraction of sp³-hybridized carbons (Fsp3) is 0.0400. The first-order valence-corrected chi connectivity index (χ1v) is 11.1. The van der Waals surface area contributed by atoms with Crippen molar-refractivity contribution in [1.82, 2.24) is 5.32 Å². The number of rotatable bonds is 6.